The van der Waals surface area contributed by atoms with Gasteiger partial charge in [0.15, 0.2) is 0 Å². The molecule has 3 heteroatoms. The van der Waals surface area contributed by atoms with Crippen LogP contribution in [0.5, 0.6) is 0 Å². The SMILES string of the molecule is OB1CCc2cc(F)ccc21. The van der Waals surface area contributed by atoms with E-state index in [-0.39, 0.29) is 12.7 Å². The summed E-state index contributed by atoms with van der Waals surface area (Å²) in [6.07, 6.45) is 1.53. The molecule has 0 fully saturated rings. The molecule has 0 aromatic heterocycles. The Morgan fingerprint density at radius 3 is 3.09 bits per heavy atom. The van der Waals surface area contributed by atoms with Crippen LogP contribution in [0.2, 0.25) is 6.32 Å². The summed E-state index contributed by atoms with van der Waals surface area (Å²) in [6.45, 7) is -0.370. The number of hydrogen-bond acceptors (Lipinski definition) is 1. The van der Waals surface area contributed by atoms with Crippen LogP contribution >= 0.6 is 0 Å². The number of hydrogen-bond donors (Lipinski definition) is 1. The van der Waals surface area contributed by atoms with Crippen LogP contribution in [-0.4, -0.2) is 11.9 Å². The van der Waals surface area contributed by atoms with Gasteiger partial charge in [-0.2, -0.15) is 0 Å². The molecule has 0 unspecified atom stereocenters. The fourth-order valence-corrected chi connectivity index (χ4v) is 1.56. The molecule has 1 heterocycles. The van der Waals surface area contributed by atoms with Crippen LogP contribution in [0, 0.1) is 5.82 Å². The quantitative estimate of drug-likeness (QED) is 0.536. The molecule has 0 saturated carbocycles. The molecule has 0 saturated heterocycles. The van der Waals surface area contributed by atoms with Gasteiger partial charge in [0.25, 0.3) is 0 Å². The van der Waals surface area contributed by atoms with Gasteiger partial charge in [-0.1, -0.05) is 6.07 Å². The molecule has 1 aromatic carbocycles. The predicted molar refractivity (Wildman–Crippen MR) is 42.5 cm³/mol. The van der Waals surface area contributed by atoms with Crippen LogP contribution in [0.25, 0.3) is 0 Å². The van der Waals surface area contributed by atoms with E-state index in [2.05, 4.69) is 0 Å². The van der Waals surface area contributed by atoms with Crippen molar-refractivity contribution >= 4 is 12.4 Å². The topological polar surface area (TPSA) is 20.2 Å². The van der Waals surface area contributed by atoms with E-state index in [0.29, 0.717) is 0 Å². The summed E-state index contributed by atoms with van der Waals surface area (Å²) in [5.74, 6) is -0.210. The van der Waals surface area contributed by atoms with Crippen molar-refractivity contribution in [2.24, 2.45) is 0 Å². The molecule has 0 bridgehead atoms. The summed E-state index contributed by atoms with van der Waals surface area (Å²) in [5, 5.41) is 9.35. The molecular weight excluding hydrogens is 142 g/mol. The van der Waals surface area contributed by atoms with Gasteiger partial charge < -0.3 is 5.02 Å². The first kappa shape index (κ1) is 6.86. The zero-order valence-electron chi connectivity index (χ0n) is 6.05. The molecule has 11 heavy (non-hydrogen) atoms. The van der Waals surface area contributed by atoms with E-state index in [1.165, 1.54) is 12.1 Å². The standard InChI is InChI=1S/C8H8BFO/c10-7-1-2-8-6(5-7)3-4-9(8)11/h1-2,5,11H,3-4H2. The Morgan fingerprint density at radius 2 is 2.27 bits per heavy atom. The van der Waals surface area contributed by atoms with Crippen molar-refractivity contribution in [2.45, 2.75) is 12.7 Å². The monoisotopic (exact) mass is 150 g/mol. The fourth-order valence-electron chi connectivity index (χ4n) is 1.56. The van der Waals surface area contributed by atoms with Crippen molar-refractivity contribution in [3.8, 4) is 0 Å². The van der Waals surface area contributed by atoms with Crippen LogP contribution in [0.3, 0.4) is 0 Å². The number of aryl methyl sites for hydroxylation is 1. The molecule has 1 aliphatic heterocycles. The minimum absolute atomic E-state index is 0.210. The summed E-state index contributed by atoms with van der Waals surface area (Å²) >= 11 is 0. The maximum atomic E-state index is 12.6. The Morgan fingerprint density at radius 1 is 1.45 bits per heavy atom. The van der Waals surface area contributed by atoms with Crippen molar-refractivity contribution in [3.05, 3.63) is 29.6 Å². The molecule has 1 nitrogen and oxygen atoms in total. The third-order valence-corrected chi connectivity index (χ3v) is 2.15. The first-order valence-corrected chi connectivity index (χ1v) is 3.74. The maximum absolute atomic E-state index is 12.6. The van der Waals surface area contributed by atoms with E-state index >= 15 is 0 Å². The van der Waals surface area contributed by atoms with Gasteiger partial charge in [-0.3, -0.25) is 0 Å². The third-order valence-electron chi connectivity index (χ3n) is 2.15. The van der Waals surface area contributed by atoms with Gasteiger partial charge in [-0.25, -0.2) is 4.39 Å². The Labute approximate surface area is 65.0 Å². The number of fused-ring (bicyclic) bond motifs is 1. The second-order valence-electron chi connectivity index (χ2n) is 2.90. The highest BCUT2D eigenvalue weighted by atomic mass is 19.1. The lowest BCUT2D eigenvalue weighted by Crippen LogP contribution is -2.25. The Kier molecular flexibility index (Phi) is 1.46. The molecule has 1 aliphatic rings. The van der Waals surface area contributed by atoms with E-state index in [9.17, 15) is 9.41 Å². The molecule has 0 atom stereocenters. The molecule has 0 aliphatic carbocycles. The van der Waals surface area contributed by atoms with Crippen LogP contribution in [0.1, 0.15) is 5.56 Å². The molecule has 56 valence electrons. The highest BCUT2D eigenvalue weighted by molar-refractivity contribution is 6.67. The first-order chi connectivity index (χ1) is 5.27. The first-order valence-electron chi connectivity index (χ1n) is 3.74. The van der Waals surface area contributed by atoms with E-state index in [1.807, 2.05) is 0 Å². The van der Waals surface area contributed by atoms with Gasteiger partial charge in [0.2, 0.25) is 0 Å². The molecular formula is C8H8BFO. The second kappa shape index (κ2) is 2.34. The summed E-state index contributed by atoms with van der Waals surface area (Å²) in [6, 6.07) is 4.57. The van der Waals surface area contributed by atoms with Gasteiger partial charge in [0.05, 0.1) is 0 Å². The summed E-state index contributed by atoms with van der Waals surface area (Å²) in [7, 11) is 0. The number of rotatable bonds is 0. The predicted octanol–water partition coefficient (Wildman–Crippen LogP) is 0.573. The van der Waals surface area contributed by atoms with Crippen LogP contribution in [0.4, 0.5) is 4.39 Å². The van der Waals surface area contributed by atoms with Crippen molar-refractivity contribution in [1.82, 2.24) is 0 Å². The summed E-state index contributed by atoms with van der Waals surface area (Å²) in [4.78, 5) is 0. The van der Waals surface area contributed by atoms with Crippen molar-refractivity contribution in [2.75, 3.05) is 0 Å². The largest absolute Gasteiger partial charge is 0.446 e. The minimum atomic E-state index is -0.370. The lowest BCUT2D eigenvalue weighted by molar-refractivity contribution is 0.587. The van der Waals surface area contributed by atoms with Gasteiger partial charge >= 0.3 is 6.92 Å². The smallest absolute Gasteiger partial charge is 0.324 e. The third kappa shape index (κ3) is 1.05. The average molecular weight is 150 g/mol. The van der Waals surface area contributed by atoms with Gasteiger partial charge in [-0.05, 0) is 35.9 Å². The van der Waals surface area contributed by atoms with Crippen LogP contribution < -0.4 is 5.46 Å². The maximum Gasteiger partial charge on any atom is 0.324 e. The lowest BCUT2D eigenvalue weighted by Gasteiger charge is -1.98. The fraction of sp³-hybridized carbons (Fsp3) is 0.250. The Hall–Kier alpha value is -0.825. The van der Waals surface area contributed by atoms with E-state index in [0.717, 1.165) is 23.8 Å². The number of halogens is 1. The Bertz CT molecular complexity index is 287. The molecule has 2 rings (SSSR count). The normalized spacial score (nSPS) is 15.3. The molecule has 0 spiro atoms. The van der Waals surface area contributed by atoms with Crippen molar-refractivity contribution in [1.29, 1.82) is 0 Å². The Balaban J connectivity index is 2.50. The lowest BCUT2D eigenvalue weighted by atomic mass is 9.63. The van der Waals surface area contributed by atoms with Crippen LogP contribution in [-0.2, 0) is 6.42 Å². The highest BCUT2D eigenvalue weighted by Gasteiger charge is 2.24. The molecule has 0 amide bonds. The zero-order valence-corrected chi connectivity index (χ0v) is 6.05. The summed E-state index contributed by atoms with van der Waals surface area (Å²) < 4.78 is 12.6. The van der Waals surface area contributed by atoms with Crippen LogP contribution in [0.15, 0.2) is 18.2 Å². The van der Waals surface area contributed by atoms with E-state index < -0.39 is 0 Å². The minimum Gasteiger partial charge on any atom is -0.446 e. The van der Waals surface area contributed by atoms with Gasteiger partial charge in [-0.15, -0.1) is 0 Å². The van der Waals surface area contributed by atoms with Gasteiger partial charge in [0.1, 0.15) is 5.82 Å². The molecule has 1 N–H and O–H groups in total. The molecule has 1 aromatic rings. The van der Waals surface area contributed by atoms with E-state index in [4.69, 9.17) is 0 Å². The van der Waals surface area contributed by atoms with Crippen molar-refractivity contribution in [3.63, 3.8) is 0 Å². The van der Waals surface area contributed by atoms with Gasteiger partial charge in [0, 0.05) is 0 Å². The second-order valence-corrected chi connectivity index (χ2v) is 2.90. The van der Waals surface area contributed by atoms with E-state index in [1.54, 1.807) is 6.07 Å². The highest BCUT2D eigenvalue weighted by Crippen LogP contribution is 2.13. The number of benzene rings is 1. The summed E-state index contributed by atoms with van der Waals surface area (Å²) in [5.41, 5.74) is 1.85. The average Bonchev–Trinajstić information content (AvgIpc) is 2.32. The van der Waals surface area contributed by atoms with Crippen molar-refractivity contribution < 1.29 is 9.41 Å². The zero-order chi connectivity index (χ0) is 7.84. The molecule has 0 radical (unpaired) electrons.